The van der Waals surface area contributed by atoms with E-state index < -0.39 is 27.5 Å². The first-order chi connectivity index (χ1) is 15.7. The molecular formula is C22H26ClF2IN4O2S. The van der Waals surface area contributed by atoms with Crippen molar-refractivity contribution >= 4 is 61.5 Å². The molecule has 0 bridgehead atoms. The Labute approximate surface area is 211 Å². The zero-order chi connectivity index (χ0) is 23.6. The molecule has 1 saturated heterocycles. The molecule has 1 aliphatic carbocycles. The molecule has 0 amide bonds. The number of nitrogens with zero attached hydrogens (tertiary/aromatic N) is 1. The van der Waals surface area contributed by atoms with Crippen molar-refractivity contribution in [2.45, 2.75) is 50.6 Å². The zero-order valence-corrected chi connectivity index (χ0v) is 21.6. The Bertz CT molecular complexity index is 1110. The normalized spacial score (nSPS) is 18.5. The minimum atomic E-state index is -4.00. The summed E-state index contributed by atoms with van der Waals surface area (Å²) < 4.78 is 59.4. The maximum Gasteiger partial charge on any atom is 0.301 e. The van der Waals surface area contributed by atoms with Gasteiger partial charge in [-0.15, -0.1) is 0 Å². The maximum absolute atomic E-state index is 14.7. The Morgan fingerprint density at radius 2 is 1.48 bits per heavy atom. The van der Waals surface area contributed by atoms with E-state index in [4.69, 9.17) is 11.6 Å². The second kappa shape index (κ2) is 10.6. The SMILES string of the molecule is O=S(=O)(Nc1ccc(Nc2ccc(I)cc2Cl)c(F)c1F)N1CCC(NC2CCCC2)CC1. The molecule has 0 radical (unpaired) electrons. The standard InChI is InChI=1S/C22H26ClF2IN4O2S/c23-17-13-14(26)5-6-18(17)28-19-7-8-20(22(25)21(19)24)29-33(31,32)30-11-9-16(10-12-30)27-15-3-1-2-4-15/h5-8,13,15-16,27-29H,1-4,9-12H2. The molecule has 33 heavy (non-hydrogen) atoms. The summed E-state index contributed by atoms with van der Waals surface area (Å²) in [6.07, 6.45) is 6.20. The molecule has 0 aromatic heterocycles. The summed E-state index contributed by atoms with van der Waals surface area (Å²) in [6, 6.07) is 8.41. The van der Waals surface area contributed by atoms with Gasteiger partial charge in [0.2, 0.25) is 0 Å². The van der Waals surface area contributed by atoms with Crippen LogP contribution in [0.15, 0.2) is 30.3 Å². The largest absolute Gasteiger partial charge is 0.352 e. The van der Waals surface area contributed by atoms with Crippen LogP contribution in [0.2, 0.25) is 5.02 Å². The molecule has 11 heteroatoms. The Balaban J connectivity index is 1.40. The van der Waals surface area contributed by atoms with Crippen molar-refractivity contribution in [2.75, 3.05) is 23.1 Å². The molecule has 0 spiro atoms. The number of anilines is 3. The minimum absolute atomic E-state index is 0.141. The van der Waals surface area contributed by atoms with Crippen LogP contribution in [0.3, 0.4) is 0 Å². The van der Waals surface area contributed by atoms with Gasteiger partial charge in [0.15, 0.2) is 11.6 Å². The highest BCUT2D eigenvalue weighted by Gasteiger charge is 2.30. The van der Waals surface area contributed by atoms with Gasteiger partial charge in [0.1, 0.15) is 0 Å². The van der Waals surface area contributed by atoms with Crippen LogP contribution in [0.5, 0.6) is 0 Å². The number of hydrogen-bond donors (Lipinski definition) is 3. The highest BCUT2D eigenvalue weighted by atomic mass is 127. The smallest absolute Gasteiger partial charge is 0.301 e. The van der Waals surface area contributed by atoms with Gasteiger partial charge < -0.3 is 10.6 Å². The van der Waals surface area contributed by atoms with Crippen LogP contribution < -0.4 is 15.4 Å². The van der Waals surface area contributed by atoms with Gasteiger partial charge in [-0.05, 0) is 78.6 Å². The van der Waals surface area contributed by atoms with E-state index >= 15 is 0 Å². The number of nitrogens with one attached hydrogen (secondary N) is 3. The van der Waals surface area contributed by atoms with E-state index in [1.165, 1.54) is 42.1 Å². The van der Waals surface area contributed by atoms with E-state index in [2.05, 4.69) is 37.9 Å². The van der Waals surface area contributed by atoms with Crippen LogP contribution >= 0.6 is 34.2 Å². The number of hydrogen-bond acceptors (Lipinski definition) is 4. The molecule has 0 atom stereocenters. The monoisotopic (exact) mass is 610 g/mol. The molecule has 2 fully saturated rings. The first-order valence-electron chi connectivity index (χ1n) is 11.0. The molecule has 3 N–H and O–H groups in total. The van der Waals surface area contributed by atoms with Crippen molar-refractivity contribution in [3.05, 3.63) is 50.6 Å². The van der Waals surface area contributed by atoms with Crippen molar-refractivity contribution < 1.29 is 17.2 Å². The van der Waals surface area contributed by atoms with E-state index in [0.29, 0.717) is 42.7 Å². The average Bonchev–Trinajstić information content (AvgIpc) is 3.28. The number of rotatable bonds is 7. The molecular weight excluding hydrogens is 585 g/mol. The van der Waals surface area contributed by atoms with Gasteiger partial charge in [0, 0.05) is 28.7 Å². The van der Waals surface area contributed by atoms with Gasteiger partial charge in [-0.3, -0.25) is 4.72 Å². The van der Waals surface area contributed by atoms with Crippen molar-refractivity contribution in [1.82, 2.24) is 9.62 Å². The van der Waals surface area contributed by atoms with Crippen LogP contribution in [0.1, 0.15) is 38.5 Å². The Kier molecular flexibility index (Phi) is 7.99. The van der Waals surface area contributed by atoms with E-state index in [-0.39, 0.29) is 11.7 Å². The topological polar surface area (TPSA) is 73.5 Å². The maximum atomic E-state index is 14.7. The van der Waals surface area contributed by atoms with Crippen LogP contribution in [0.25, 0.3) is 0 Å². The Morgan fingerprint density at radius 3 is 2.15 bits per heavy atom. The highest BCUT2D eigenvalue weighted by Crippen LogP contribution is 2.31. The summed E-state index contributed by atoms with van der Waals surface area (Å²) >= 11 is 8.24. The molecule has 4 rings (SSSR count). The van der Waals surface area contributed by atoms with E-state index in [9.17, 15) is 17.2 Å². The van der Waals surface area contributed by atoms with Crippen molar-refractivity contribution in [3.8, 4) is 0 Å². The molecule has 1 saturated carbocycles. The summed E-state index contributed by atoms with van der Waals surface area (Å²) in [5.41, 5.74) is -0.159. The third kappa shape index (κ3) is 6.08. The fourth-order valence-electron chi connectivity index (χ4n) is 4.35. The molecule has 2 aromatic carbocycles. The lowest BCUT2D eigenvalue weighted by Crippen LogP contribution is -2.48. The Hall–Kier alpha value is -1.21. The lowest BCUT2D eigenvalue weighted by atomic mass is 10.1. The second-order valence-corrected chi connectivity index (χ2v) is 11.8. The number of piperidine rings is 1. The van der Waals surface area contributed by atoms with Crippen LogP contribution in [0.4, 0.5) is 25.8 Å². The quantitative estimate of drug-likeness (QED) is 0.356. The molecule has 6 nitrogen and oxygen atoms in total. The van der Waals surface area contributed by atoms with Gasteiger partial charge in [0.25, 0.3) is 0 Å². The third-order valence-electron chi connectivity index (χ3n) is 6.14. The summed E-state index contributed by atoms with van der Waals surface area (Å²) in [5.74, 6) is -2.47. The highest BCUT2D eigenvalue weighted by molar-refractivity contribution is 14.1. The summed E-state index contributed by atoms with van der Waals surface area (Å²) in [5, 5.41) is 6.73. The van der Waals surface area contributed by atoms with Crippen molar-refractivity contribution in [3.63, 3.8) is 0 Å². The molecule has 0 unspecified atom stereocenters. The van der Waals surface area contributed by atoms with Gasteiger partial charge >= 0.3 is 10.2 Å². The Morgan fingerprint density at radius 1 is 0.909 bits per heavy atom. The van der Waals surface area contributed by atoms with Crippen LogP contribution in [-0.4, -0.2) is 37.9 Å². The average molecular weight is 611 g/mol. The first-order valence-corrected chi connectivity index (χ1v) is 13.9. The fraction of sp³-hybridized carbons (Fsp3) is 0.455. The molecule has 2 aliphatic rings. The van der Waals surface area contributed by atoms with Crippen molar-refractivity contribution in [2.24, 2.45) is 0 Å². The van der Waals surface area contributed by atoms with Gasteiger partial charge in [-0.25, -0.2) is 8.78 Å². The van der Waals surface area contributed by atoms with Crippen LogP contribution in [-0.2, 0) is 10.2 Å². The lowest BCUT2D eigenvalue weighted by Gasteiger charge is -2.33. The van der Waals surface area contributed by atoms with Crippen molar-refractivity contribution in [1.29, 1.82) is 0 Å². The predicted molar refractivity (Wildman–Crippen MR) is 136 cm³/mol. The number of benzene rings is 2. The number of halogens is 4. The van der Waals surface area contributed by atoms with Gasteiger partial charge in [0.05, 0.1) is 22.1 Å². The van der Waals surface area contributed by atoms with Gasteiger partial charge in [-0.1, -0.05) is 24.4 Å². The minimum Gasteiger partial charge on any atom is -0.352 e. The van der Waals surface area contributed by atoms with E-state index in [1.54, 1.807) is 18.2 Å². The van der Waals surface area contributed by atoms with E-state index in [1.807, 2.05) is 0 Å². The third-order valence-corrected chi connectivity index (χ3v) is 8.65. The molecule has 1 aliphatic heterocycles. The molecule has 2 aromatic rings. The fourth-order valence-corrected chi connectivity index (χ4v) is 6.51. The summed E-state index contributed by atoms with van der Waals surface area (Å²) in [7, 11) is -4.00. The predicted octanol–water partition coefficient (Wildman–Crippen LogP) is 5.62. The first kappa shape index (κ1) is 24.9. The van der Waals surface area contributed by atoms with Gasteiger partial charge in [-0.2, -0.15) is 12.7 Å². The second-order valence-electron chi connectivity index (χ2n) is 8.47. The van der Waals surface area contributed by atoms with E-state index in [0.717, 1.165) is 3.57 Å². The molecule has 1 heterocycles. The lowest BCUT2D eigenvalue weighted by molar-refractivity contribution is 0.274. The summed E-state index contributed by atoms with van der Waals surface area (Å²) in [6.45, 7) is 0.656. The molecule has 180 valence electrons. The summed E-state index contributed by atoms with van der Waals surface area (Å²) in [4.78, 5) is 0. The van der Waals surface area contributed by atoms with Crippen LogP contribution in [0, 0.1) is 15.2 Å². The zero-order valence-electron chi connectivity index (χ0n) is 17.9.